The third-order valence-electron chi connectivity index (χ3n) is 3.85. The van der Waals surface area contributed by atoms with E-state index in [0.717, 1.165) is 44.9 Å². The smallest absolute Gasteiger partial charge is 0.0788 e. The number of nitrogens with zero attached hydrogens (tertiary/aromatic N) is 2. The van der Waals surface area contributed by atoms with Crippen molar-refractivity contribution in [3.63, 3.8) is 0 Å². The molecule has 1 aromatic heterocycles. The van der Waals surface area contributed by atoms with Gasteiger partial charge in [0.25, 0.3) is 0 Å². The van der Waals surface area contributed by atoms with E-state index in [1.165, 1.54) is 6.42 Å². The molecule has 3 heterocycles. The molecule has 0 amide bonds. The molecule has 0 radical (unpaired) electrons. The second-order valence-corrected chi connectivity index (χ2v) is 5.04. The summed E-state index contributed by atoms with van der Waals surface area (Å²) in [5.74, 6) is 0. The van der Waals surface area contributed by atoms with E-state index < -0.39 is 0 Å². The minimum atomic E-state index is 0.318. The lowest BCUT2D eigenvalue weighted by molar-refractivity contribution is 0.0159. The van der Waals surface area contributed by atoms with Crippen LogP contribution < -0.4 is 5.32 Å². The lowest BCUT2D eigenvalue weighted by atomic mass is 10.0. The van der Waals surface area contributed by atoms with E-state index >= 15 is 0 Å². The van der Waals surface area contributed by atoms with Gasteiger partial charge in [-0.2, -0.15) is 0 Å². The average Bonchev–Trinajstić information content (AvgIpc) is 2.95. The van der Waals surface area contributed by atoms with Crippen molar-refractivity contribution in [2.24, 2.45) is 0 Å². The third kappa shape index (κ3) is 2.55. The van der Waals surface area contributed by atoms with E-state index in [1.54, 1.807) is 0 Å². The molecule has 4 nitrogen and oxygen atoms in total. The van der Waals surface area contributed by atoms with E-state index in [9.17, 15) is 0 Å². The van der Waals surface area contributed by atoms with E-state index in [4.69, 9.17) is 4.74 Å². The quantitative estimate of drug-likeness (QED) is 0.871. The largest absolute Gasteiger partial charge is 0.376 e. The fraction of sp³-hybridized carbons (Fsp3) is 0.643. The van der Waals surface area contributed by atoms with Gasteiger partial charge in [-0.3, -0.25) is 9.88 Å². The molecule has 2 aliphatic rings. The van der Waals surface area contributed by atoms with Crippen LogP contribution in [-0.2, 0) is 4.74 Å². The van der Waals surface area contributed by atoms with Crippen molar-refractivity contribution < 1.29 is 4.74 Å². The Morgan fingerprint density at radius 1 is 1.33 bits per heavy atom. The number of nitrogens with one attached hydrogen (secondary N) is 1. The number of hydrogen-bond donors (Lipinski definition) is 1. The zero-order valence-electron chi connectivity index (χ0n) is 10.7. The molecule has 1 unspecified atom stereocenters. The van der Waals surface area contributed by atoms with Crippen LogP contribution in [0.3, 0.4) is 0 Å². The molecule has 0 aromatic carbocycles. The Morgan fingerprint density at radius 3 is 2.89 bits per heavy atom. The van der Waals surface area contributed by atoms with Crippen LogP contribution in [0.2, 0.25) is 0 Å². The first-order valence-corrected chi connectivity index (χ1v) is 6.92. The molecule has 0 bridgehead atoms. The van der Waals surface area contributed by atoms with Crippen LogP contribution in [0.5, 0.6) is 0 Å². The van der Waals surface area contributed by atoms with Gasteiger partial charge in [-0.1, -0.05) is 6.07 Å². The molecule has 2 fully saturated rings. The lowest BCUT2D eigenvalue weighted by Gasteiger charge is -2.37. The highest BCUT2D eigenvalue weighted by molar-refractivity contribution is 5.12. The zero-order chi connectivity index (χ0) is 12.2. The molecule has 3 rings (SSSR count). The van der Waals surface area contributed by atoms with E-state index in [-0.39, 0.29) is 0 Å². The maximum Gasteiger partial charge on any atom is 0.0788 e. The number of pyridine rings is 1. The zero-order valence-corrected chi connectivity index (χ0v) is 10.7. The standard InChI is InChI=1S/C14H21N3O/c1-2-6-16-12(4-1)14(13-5-3-11-18-13)17-9-7-15-8-10-17/h1-2,4,6,13-15H,3,5,7-11H2/t13-,14?/m1/s1. The number of ether oxygens (including phenoxy) is 1. The van der Waals surface area contributed by atoms with Crippen molar-refractivity contribution in [1.82, 2.24) is 15.2 Å². The Hall–Kier alpha value is -0.970. The van der Waals surface area contributed by atoms with Gasteiger partial charge in [0.1, 0.15) is 0 Å². The van der Waals surface area contributed by atoms with Crippen LogP contribution in [0.4, 0.5) is 0 Å². The fourth-order valence-electron chi connectivity index (χ4n) is 2.98. The van der Waals surface area contributed by atoms with E-state index in [2.05, 4.69) is 27.3 Å². The highest BCUT2D eigenvalue weighted by atomic mass is 16.5. The monoisotopic (exact) mass is 247 g/mol. The molecule has 4 heteroatoms. The highest BCUT2D eigenvalue weighted by Crippen LogP contribution is 2.31. The van der Waals surface area contributed by atoms with Crippen LogP contribution >= 0.6 is 0 Å². The lowest BCUT2D eigenvalue weighted by Crippen LogP contribution is -2.48. The van der Waals surface area contributed by atoms with Crippen molar-refractivity contribution in [2.45, 2.75) is 25.0 Å². The summed E-state index contributed by atoms with van der Waals surface area (Å²) in [7, 11) is 0. The number of rotatable bonds is 3. The summed E-state index contributed by atoms with van der Waals surface area (Å²) in [6.07, 6.45) is 4.54. The Balaban J connectivity index is 1.82. The van der Waals surface area contributed by atoms with Gasteiger partial charge >= 0.3 is 0 Å². The maximum absolute atomic E-state index is 5.92. The van der Waals surface area contributed by atoms with Crippen molar-refractivity contribution >= 4 is 0 Å². The summed E-state index contributed by atoms with van der Waals surface area (Å²) < 4.78 is 5.92. The molecule has 2 aliphatic heterocycles. The van der Waals surface area contributed by atoms with Crippen LogP contribution in [0.1, 0.15) is 24.6 Å². The first kappa shape index (κ1) is 12.1. The molecule has 2 atom stereocenters. The topological polar surface area (TPSA) is 37.4 Å². The molecule has 1 aromatic rings. The van der Waals surface area contributed by atoms with Crippen molar-refractivity contribution in [2.75, 3.05) is 32.8 Å². The fourth-order valence-corrected chi connectivity index (χ4v) is 2.98. The van der Waals surface area contributed by atoms with Gasteiger partial charge in [-0.15, -0.1) is 0 Å². The SMILES string of the molecule is c1ccc(C([C@H]2CCCO2)N2CCNCC2)nc1. The van der Waals surface area contributed by atoms with Gasteiger partial charge in [0.2, 0.25) is 0 Å². The summed E-state index contributed by atoms with van der Waals surface area (Å²) in [5.41, 5.74) is 1.16. The minimum Gasteiger partial charge on any atom is -0.376 e. The van der Waals surface area contributed by atoms with Gasteiger partial charge in [-0.25, -0.2) is 0 Å². The van der Waals surface area contributed by atoms with E-state index in [0.29, 0.717) is 12.1 Å². The molecule has 0 spiro atoms. The van der Waals surface area contributed by atoms with Gasteiger partial charge < -0.3 is 10.1 Å². The highest BCUT2D eigenvalue weighted by Gasteiger charge is 2.33. The summed E-state index contributed by atoms with van der Waals surface area (Å²) in [6.45, 7) is 5.20. The van der Waals surface area contributed by atoms with Crippen LogP contribution in [-0.4, -0.2) is 48.8 Å². The second kappa shape index (κ2) is 5.78. The van der Waals surface area contributed by atoms with Crippen LogP contribution in [0.25, 0.3) is 0 Å². The molecule has 2 saturated heterocycles. The first-order chi connectivity index (χ1) is 8.95. The van der Waals surface area contributed by atoms with Crippen LogP contribution in [0, 0.1) is 0 Å². The van der Waals surface area contributed by atoms with Gasteiger partial charge in [0.15, 0.2) is 0 Å². The van der Waals surface area contributed by atoms with Crippen molar-refractivity contribution in [3.8, 4) is 0 Å². The Bertz CT molecular complexity index is 359. The molecule has 1 N–H and O–H groups in total. The van der Waals surface area contributed by atoms with Crippen molar-refractivity contribution in [1.29, 1.82) is 0 Å². The predicted octanol–water partition coefficient (Wildman–Crippen LogP) is 1.21. The normalized spacial score (nSPS) is 27.2. The Labute approximate surface area is 108 Å². The number of piperazine rings is 1. The van der Waals surface area contributed by atoms with E-state index in [1.807, 2.05) is 12.3 Å². The molecule has 0 aliphatic carbocycles. The molecule has 98 valence electrons. The third-order valence-corrected chi connectivity index (χ3v) is 3.85. The summed E-state index contributed by atoms with van der Waals surface area (Å²) in [6, 6.07) is 6.52. The van der Waals surface area contributed by atoms with Gasteiger partial charge in [0, 0.05) is 39.0 Å². The molecular formula is C14H21N3O. The first-order valence-electron chi connectivity index (χ1n) is 6.92. The molecule has 0 saturated carbocycles. The molecule has 18 heavy (non-hydrogen) atoms. The second-order valence-electron chi connectivity index (χ2n) is 5.04. The summed E-state index contributed by atoms with van der Waals surface area (Å²) >= 11 is 0. The van der Waals surface area contributed by atoms with Gasteiger partial charge in [0.05, 0.1) is 17.8 Å². The average molecular weight is 247 g/mol. The summed E-state index contributed by atoms with van der Waals surface area (Å²) in [5, 5.41) is 3.41. The predicted molar refractivity (Wildman–Crippen MR) is 70.4 cm³/mol. The Morgan fingerprint density at radius 2 is 2.22 bits per heavy atom. The summed E-state index contributed by atoms with van der Waals surface area (Å²) in [4.78, 5) is 7.08. The van der Waals surface area contributed by atoms with Crippen molar-refractivity contribution in [3.05, 3.63) is 30.1 Å². The van der Waals surface area contributed by atoms with Crippen LogP contribution in [0.15, 0.2) is 24.4 Å². The number of hydrogen-bond acceptors (Lipinski definition) is 4. The van der Waals surface area contributed by atoms with Gasteiger partial charge in [-0.05, 0) is 25.0 Å². The maximum atomic E-state index is 5.92. The minimum absolute atomic E-state index is 0.318. The molecular weight excluding hydrogens is 226 g/mol. The Kier molecular flexibility index (Phi) is 3.88. The number of aromatic nitrogens is 1.